The van der Waals surface area contributed by atoms with Crippen LogP contribution in [0.3, 0.4) is 0 Å². The first kappa shape index (κ1) is 11.1. The van der Waals surface area contributed by atoms with Crippen molar-refractivity contribution in [3.63, 3.8) is 0 Å². The van der Waals surface area contributed by atoms with Gasteiger partial charge in [0.1, 0.15) is 0 Å². The SMILES string of the molecule is CC(=O)N1CCCc2ccc(C(C)O)cc21. The third-order valence-electron chi connectivity index (χ3n) is 3.09. The minimum atomic E-state index is -0.485. The van der Waals surface area contributed by atoms with Crippen LogP contribution in [0.4, 0.5) is 5.69 Å². The molecule has 0 radical (unpaired) electrons. The highest BCUT2D eigenvalue weighted by molar-refractivity contribution is 5.92. The van der Waals surface area contributed by atoms with Gasteiger partial charge in [0.2, 0.25) is 5.91 Å². The van der Waals surface area contributed by atoms with Crippen molar-refractivity contribution in [2.75, 3.05) is 11.4 Å². The van der Waals surface area contributed by atoms with E-state index in [-0.39, 0.29) is 5.91 Å². The van der Waals surface area contributed by atoms with Crippen molar-refractivity contribution in [2.45, 2.75) is 32.8 Å². The third kappa shape index (κ3) is 1.95. The van der Waals surface area contributed by atoms with Gasteiger partial charge in [-0.3, -0.25) is 4.79 Å². The van der Waals surface area contributed by atoms with Gasteiger partial charge in [0.15, 0.2) is 0 Å². The maximum absolute atomic E-state index is 11.5. The number of benzene rings is 1. The van der Waals surface area contributed by atoms with E-state index in [0.717, 1.165) is 30.6 Å². The predicted molar refractivity (Wildman–Crippen MR) is 63.4 cm³/mol. The van der Waals surface area contributed by atoms with Crippen LogP contribution in [0.25, 0.3) is 0 Å². The molecule has 1 unspecified atom stereocenters. The Hall–Kier alpha value is -1.35. The number of hydrogen-bond acceptors (Lipinski definition) is 2. The summed E-state index contributed by atoms with van der Waals surface area (Å²) in [6, 6.07) is 5.89. The zero-order chi connectivity index (χ0) is 11.7. The van der Waals surface area contributed by atoms with Crippen LogP contribution in [0.15, 0.2) is 18.2 Å². The summed E-state index contributed by atoms with van der Waals surface area (Å²) in [5.74, 6) is 0.0729. The average molecular weight is 219 g/mol. The van der Waals surface area contributed by atoms with Crippen molar-refractivity contribution in [3.05, 3.63) is 29.3 Å². The first-order chi connectivity index (χ1) is 7.59. The Bertz CT molecular complexity index is 412. The largest absolute Gasteiger partial charge is 0.389 e. The van der Waals surface area contributed by atoms with Crippen molar-refractivity contribution >= 4 is 11.6 Å². The molecule has 0 saturated heterocycles. The van der Waals surface area contributed by atoms with E-state index in [1.54, 1.807) is 18.7 Å². The third-order valence-corrected chi connectivity index (χ3v) is 3.09. The van der Waals surface area contributed by atoms with Crippen molar-refractivity contribution in [1.82, 2.24) is 0 Å². The molecule has 1 amide bonds. The molecule has 3 nitrogen and oxygen atoms in total. The quantitative estimate of drug-likeness (QED) is 0.785. The Labute approximate surface area is 95.7 Å². The number of aliphatic hydroxyl groups is 1. The number of anilines is 1. The van der Waals surface area contributed by atoms with Gasteiger partial charge in [-0.25, -0.2) is 0 Å². The summed E-state index contributed by atoms with van der Waals surface area (Å²) in [4.78, 5) is 13.3. The molecule has 2 rings (SSSR count). The Kier molecular flexibility index (Phi) is 2.97. The zero-order valence-electron chi connectivity index (χ0n) is 9.73. The van der Waals surface area contributed by atoms with Crippen LogP contribution in [-0.2, 0) is 11.2 Å². The van der Waals surface area contributed by atoms with Gasteiger partial charge >= 0.3 is 0 Å². The molecule has 1 aliphatic rings. The first-order valence-corrected chi connectivity index (χ1v) is 5.68. The number of fused-ring (bicyclic) bond motifs is 1. The van der Waals surface area contributed by atoms with Crippen molar-refractivity contribution in [2.24, 2.45) is 0 Å². The molecular formula is C13H17NO2. The Morgan fingerprint density at radius 2 is 2.25 bits per heavy atom. The molecule has 1 aromatic carbocycles. The molecular weight excluding hydrogens is 202 g/mol. The van der Waals surface area contributed by atoms with Crippen LogP contribution in [-0.4, -0.2) is 17.6 Å². The van der Waals surface area contributed by atoms with Gasteiger partial charge in [-0.2, -0.15) is 0 Å². The lowest BCUT2D eigenvalue weighted by Gasteiger charge is -2.29. The van der Waals surface area contributed by atoms with Crippen LogP contribution >= 0.6 is 0 Å². The number of nitrogens with zero attached hydrogens (tertiary/aromatic N) is 1. The van der Waals surface area contributed by atoms with Gasteiger partial charge in [-0.05, 0) is 37.0 Å². The number of aryl methyl sites for hydroxylation is 1. The number of carbonyl (C=O) groups excluding carboxylic acids is 1. The van der Waals surface area contributed by atoms with E-state index in [2.05, 4.69) is 0 Å². The first-order valence-electron chi connectivity index (χ1n) is 5.68. The summed E-state index contributed by atoms with van der Waals surface area (Å²) in [6.07, 6.45) is 1.54. The molecule has 0 spiro atoms. The lowest BCUT2D eigenvalue weighted by Crippen LogP contribution is -2.33. The maximum Gasteiger partial charge on any atom is 0.223 e. The van der Waals surface area contributed by atoms with Gasteiger partial charge in [0.25, 0.3) is 0 Å². The summed E-state index contributed by atoms with van der Waals surface area (Å²) in [5.41, 5.74) is 3.04. The van der Waals surface area contributed by atoms with Crippen LogP contribution in [0.5, 0.6) is 0 Å². The smallest absolute Gasteiger partial charge is 0.223 e. The second kappa shape index (κ2) is 4.26. The number of amides is 1. The van der Waals surface area contributed by atoms with Crippen LogP contribution in [0.1, 0.15) is 37.5 Å². The second-order valence-electron chi connectivity index (χ2n) is 4.34. The zero-order valence-corrected chi connectivity index (χ0v) is 9.73. The van der Waals surface area contributed by atoms with Gasteiger partial charge in [-0.1, -0.05) is 12.1 Å². The van der Waals surface area contributed by atoms with Gasteiger partial charge in [0, 0.05) is 19.2 Å². The average Bonchev–Trinajstić information content (AvgIpc) is 2.27. The lowest BCUT2D eigenvalue weighted by molar-refractivity contribution is -0.116. The number of rotatable bonds is 1. The Morgan fingerprint density at radius 1 is 1.50 bits per heavy atom. The summed E-state index contributed by atoms with van der Waals surface area (Å²) in [5, 5.41) is 9.55. The van der Waals surface area contributed by atoms with E-state index in [1.807, 2.05) is 18.2 Å². The summed E-state index contributed by atoms with van der Waals surface area (Å²) >= 11 is 0. The Morgan fingerprint density at radius 3 is 2.88 bits per heavy atom. The Balaban J connectivity index is 2.44. The van der Waals surface area contributed by atoms with Crippen LogP contribution < -0.4 is 4.90 Å². The van der Waals surface area contributed by atoms with E-state index in [4.69, 9.17) is 0 Å². The summed E-state index contributed by atoms with van der Waals surface area (Å²) in [7, 11) is 0. The second-order valence-corrected chi connectivity index (χ2v) is 4.34. The van der Waals surface area contributed by atoms with Crippen molar-refractivity contribution in [3.8, 4) is 0 Å². The molecule has 0 fully saturated rings. The fourth-order valence-corrected chi connectivity index (χ4v) is 2.18. The van der Waals surface area contributed by atoms with Gasteiger partial charge in [0.05, 0.1) is 6.10 Å². The minimum absolute atomic E-state index is 0.0729. The molecule has 1 aliphatic heterocycles. The molecule has 0 bridgehead atoms. The minimum Gasteiger partial charge on any atom is -0.389 e. The molecule has 86 valence electrons. The van der Waals surface area contributed by atoms with E-state index >= 15 is 0 Å². The number of hydrogen-bond donors (Lipinski definition) is 1. The van der Waals surface area contributed by atoms with E-state index in [1.165, 1.54) is 5.56 Å². The molecule has 1 atom stereocenters. The standard InChI is InChI=1S/C13H17NO2/c1-9(15)12-6-5-11-4-3-7-14(10(2)16)13(11)8-12/h5-6,8-9,15H,3-4,7H2,1-2H3. The van der Waals surface area contributed by atoms with Gasteiger partial charge in [-0.15, -0.1) is 0 Å². The van der Waals surface area contributed by atoms with E-state index < -0.39 is 6.10 Å². The topological polar surface area (TPSA) is 40.5 Å². The fraction of sp³-hybridized carbons (Fsp3) is 0.462. The molecule has 3 heteroatoms. The predicted octanol–water partition coefficient (Wildman–Crippen LogP) is 2.04. The van der Waals surface area contributed by atoms with Crippen molar-refractivity contribution < 1.29 is 9.90 Å². The highest BCUT2D eigenvalue weighted by Crippen LogP contribution is 2.30. The molecule has 0 aliphatic carbocycles. The van der Waals surface area contributed by atoms with E-state index in [0.29, 0.717) is 0 Å². The van der Waals surface area contributed by atoms with Crippen LogP contribution in [0, 0.1) is 0 Å². The highest BCUT2D eigenvalue weighted by atomic mass is 16.3. The fourth-order valence-electron chi connectivity index (χ4n) is 2.18. The molecule has 1 heterocycles. The van der Waals surface area contributed by atoms with Gasteiger partial charge < -0.3 is 10.0 Å². The molecule has 1 aromatic rings. The molecule has 0 saturated carbocycles. The van der Waals surface area contributed by atoms with Crippen LogP contribution in [0.2, 0.25) is 0 Å². The summed E-state index contributed by atoms with van der Waals surface area (Å²) < 4.78 is 0. The molecule has 1 N–H and O–H groups in total. The monoisotopic (exact) mass is 219 g/mol. The lowest BCUT2D eigenvalue weighted by atomic mass is 9.98. The highest BCUT2D eigenvalue weighted by Gasteiger charge is 2.20. The summed E-state index contributed by atoms with van der Waals surface area (Å²) in [6.45, 7) is 4.11. The van der Waals surface area contributed by atoms with Crippen molar-refractivity contribution in [1.29, 1.82) is 0 Å². The maximum atomic E-state index is 11.5. The molecule has 16 heavy (non-hydrogen) atoms. The normalized spacial score (nSPS) is 16.8. The molecule has 0 aromatic heterocycles. The van der Waals surface area contributed by atoms with E-state index in [9.17, 15) is 9.90 Å². The number of aliphatic hydroxyl groups excluding tert-OH is 1. The number of carbonyl (C=O) groups is 1.